The lowest BCUT2D eigenvalue weighted by Crippen LogP contribution is -2.45. The van der Waals surface area contributed by atoms with Crippen molar-refractivity contribution in [2.24, 2.45) is 5.92 Å². The van der Waals surface area contributed by atoms with Crippen LogP contribution < -0.4 is 11.1 Å². The van der Waals surface area contributed by atoms with Gasteiger partial charge in [-0.3, -0.25) is 4.79 Å². The molecule has 1 aliphatic rings. The number of nitrogens with two attached hydrogens (primary N) is 1. The Bertz CT molecular complexity index is 346. The van der Waals surface area contributed by atoms with Crippen molar-refractivity contribution in [3.63, 3.8) is 0 Å². The van der Waals surface area contributed by atoms with Gasteiger partial charge in [0.15, 0.2) is 0 Å². The third kappa shape index (κ3) is 1.47. The number of anilines is 1. The molecule has 0 aromatic carbocycles. The van der Waals surface area contributed by atoms with Crippen molar-refractivity contribution in [3.05, 3.63) is 18.1 Å². The smallest absolute Gasteiger partial charge is 0.289 e. The van der Waals surface area contributed by atoms with Gasteiger partial charge in [-0.2, -0.15) is 0 Å². The number of hydrogen-bond acceptors (Lipinski definition) is 3. The second kappa shape index (κ2) is 3.36. The summed E-state index contributed by atoms with van der Waals surface area (Å²) in [6, 6.07) is 1.87. The molecule has 4 heteroatoms. The molecule has 1 amide bonds. The topological polar surface area (TPSA) is 68.3 Å². The Morgan fingerprint density at radius 3 is 2.86 bits per heavy atom. The highest BCUT2D eigenvalue weighted by Gasteiger charge is 2.29. The zero-order valence-corrected chi connectivity index (χ0v) is 8.12. The van der Waals surface area contributed by atoms with E-state index in [2.05, 4.69) is 12.2 Å². The lowest BCUT2D eigenvalue weighted by Gasteiger charge is -2.34. The molecule has 1 aliphatic carbocycles. The third-order valence-corrected chi connectivity index (χ3v) is 2.84. The van der Waals surface area contributed by atoms with Crippen LogP contribution in [-0.4, -0.2) is 11.9 Å². The Labute approximate surface area is 82.5 Å². The average molecular weight is 194 g/mol. The van der Waals surface area contributed by atoms with Gasteiger partial charge in [-0.1, -0.05) is 6.92 Å². The number of carbonyl (C=O) groups excluding carboxylic acids is 1. The lowest BCUT2D eigenvalue weighted by molar-refractivity contribution is 0.0857. The molecule has 1 saturated carbocycles. The first-order valence-electron chi connectivity index (χ1n) is 4.82. The zero-order valence-electron chi connectivity index (χ0n) is 8.12. The van der Waals surface area contributed by atoms with E-state index in [-0.39, 0.29) is 17.7 Å². The van der Waals surface area contributed by atoms with E-state index >= 15 is 0 Å². The van der Waals surface area contributed by atoms with E-state index in [0.29, 0.717) is 11.6 Å². The van der Waals surface area contributed by atoms with Crippen LogP contribution in [0.5, 0.6) is 0 Å². The molecule has 1 aromatic rings. The van der Waals surface area contributed by atoms with Crippen molar-refractivity contribution >= 4 is 11.6 Å². The maximum absolute atomic E-state index is 11.6. The first-order valence-corrected chi connectivity index (χ1v) is 4.82. The van der Waals surface area contributed by atoms with Gasteiger partial charge in [-0.05, 0) is 18.8 Å². The van der Waals surface area contributed by atoms with Crippen molar-refractivity contribution in [1.29, 1.82) is 0 Å². The molecule has 76 valence electrons. The molecule has 0 aliphatic heterocycles. The van der Waals surface area contributed by atoms with E-state index in [4.69, 9.17) is 10.2 Å². The molecule has 1 heterocycles. The number of nitrogens with one attached hydrogen (secondary N) is 1. The van der Waals surface area contributed by atoms with E-state index in [1.54, 1.807) is 6.07 Å². The fraction of sp³-hybridized carbons (Fsp3) is 0.500. The fourth-order valence-electron chi connectivity index (χ4n) is 1.62. The molecule has 2 unspecified atom stereocenters. The summed E-state index contributed by atoms with van der Waals surface area (Å²) in [5.74, 6) is 0.586. The van der Waals surface area contributed by atoms with E-state index in [1.165, 1.54) is 12.7 Å². The first-order chi connectivity index (χ1) is 6.68. The molecular formula is C10H14N2O2. The molecule has 0 saturated heterocycles. The molecule has 1 fully saturated rings. The van der Waals surface area contributed by atoms with Crippen LogP contribution >= 0.6 is 0 Å². The average Bonchev–Trinajstić information content (AvgIpc) is 2.58. The van der Waals surface area contributed by atoms with Crippen molar-refractivity contribution < 1.29 is 9.21 Å². The van der Waals surface area contributed by atoms with Gasteiger partial charge in [0, 0.05) is 12.1 Å². The van der Waals surface area contributed by atoms with Crippen molar-refractivity contribution in [3.8, 4) is 0 Å². The Kier molecular flexibility index (Phi) is 2.19. The summed E-state index contributed by atoms with van der Waals surface area (Å²) in [6.07, 6.45) is 3.65. The van der Waals surface area contributed by atoms with Gasteiger partial charge in [-0.15, -0.1) is 0 Å². The molecule has 0 spiro atoms. The molecule has 2 atom stereocenters. The highest BCUT2D eigenvalue weighted by atomic mass is 16.3. The van der Waals surface area contributed by atoms with Gasteiger partial charge in [-0.25, -0.2) is 0 Å². The predicted octanol–water partition coefficient (Wildman–Crippen LogP) is 1.39. The summed E-state index contributed by atoms with van der Waals surface area (Å²) in [5, 5.41) is 2.90. The van der Waals surface area contributed by atoms with Crippen LogP contribution in [-0.2, 0) is 0 Å². The molecule has 14 heavy (non-hydrogen) atoms. The number of hydrogen-bond donors (Lipinski definition) is 2. The highest BCUT2D eigenvalue weighted by molar-refractivity contribution is 5.96. The Morgan fingerprint density at radius 2 is 2.43 bits per heavy atom. The Hall–Kier alpha value is -1.45. The van der Waals surface area contributed by atoms with Gasteiger partial charge in [0.05, 0.1) is 12.0 Å². The minimum absolute atomic E-state index is 0.205. The second-order valence-electron chi connectivity index (χ2n) is 3.84. The summed E-state index contributed by atoms with van der Waals surface area (Å²) >= 11 is 0. The van der Waals surface area contributed by atoms with Crippen LogP contribution in [0, 0.1) is 5.92 Å². The predicted molar refractivity (Wildman–Crippen MR) is 52.8 cm³/mol. The van der Waals surface area contributed by atoms with Crippen molar-refractivity contribution in [2.75, 3.05) is 5.73 Å². The van der Waals surface area contributed by atoms with Crippen LogP contribution in [0.3, 0.4) is 0 Å². The SMILES string of the molecule is CC1CCC1NC(=O)c1occc1N. The molecule has 3 N–H and O–H groups in total. The molecule has 0 bridgehead atoms. The zero-order chi connectivity index (χ0) is 10.1. The van der Waals surface area contributed by atoms with Crippen LogP contribution in [0.1, 0.15) is 30.3 Å². The number of nitrogen functional groups attached to an aromatic ring is 1. The lowest BCUT2D eigenvalue weighted by atomic mass is 9.81. The second-order valence-corrected chi connectivity index (χ2v) is 3.84. The van der Waals surface area contributed by atoms with Gasteiger partial charge < -0.3 is 15.5 Å². The number of rotatable bonds is 2. The fourth-order valence-corrected chi connectivity index (χ4v) is 1.62. The summed E-state index contributed by atoms with van der Waals surface area (Å²) < 4.78 is 4.99. The van der Waals surface area contributed by atoms with E-state index in [9.17, 15) is 4.79 Å². The molecular weight excluding hydrogens is 180 g/mol. The highest BCUT2D eigenvalue weighted by Crippen LogP contribution is 2.27. The number of furan rings is 1. The number of amides is 1. The van der Waals surface area contributed by atoms with Crippen LogP contribution in [0.2, 0.25) is 0 Å². The minimum atomic E-state index is -0.205. The van der Waals surface area contributed by atoms with Crippen molar-refractivity contribution in [2.45, 2.75) is 25.8 Å². The van der Waals surface area contributed by atoms with Gasteiger partial charge in [0.25, 0.3) is 5.91 Å². The first kappa shape index (κ1) is 9.12. The third-order valence-electron chi connectivity index (χ3n) is 2.84. The minimum Gasteiger partial charge on any atom is -0.457 e. The van der Waals surface area contributed by atoms with E-state index in [1.807, 2.05) is 0 Å². The van der Waals surface area contributed by atoms with Crippen LogP contribution in [0.15, 0.2) is 16.7 Å². The summed E-state index contributed by atoms with van der Waals surface area (Å²) in [5.41, 5.74) is 5.95. The van der Waals surface area contributed by atoms with Gasteiger partial charge >= 0.3 is 0 Å². The monoisotopic (exact) mass is 194 g/mol. The molecule has 2 rings (SSSR count). The maximum atomic E-state index is 11.6. The number of carbonyl (C=O) groups is 1. The maximum Gasteiger partial charge on any atom is 0.289 e. The molecule has 4 nitrogen and oxygen atoms in total. The van der Waals surface area contributed by atoms with Crippen LogP contribution in [0.4, 0.5) is 5.69 Å². The normalized spacial score (nSPS) is 25.5. The summed E-state index contributed by atoms with van der Waals surface area (Å²) in [7, 11) is 0. The standard InChI is InChI=1S/C10H14N2O2/c1-6-2-3-8(6)12-10(13)9-7(11)4-5-14-9/h4-6,8H,2-3,11H2,1H3,(H,12,13). The van der Waals surface area contributed by atoms with Crippen molar-refractivity contribution in [1.82, 2.24) is 5.32 Å². The molecule has 1 aromatic heterocycles. The largest absolute Gasteiger partial charge is 0.457 e. The quantitative estimate of drug-likeness (QED) is 0.747. The van der Waals surface area contributed by atoms with Gasteiger partial charge in [0.2, 0.25) is 5.76 Å². The van der Waals surface area contributed by atoms with E-state index in [0.717, 1.165) is 6.42 Å². The summed E-state index contributed by atoms with van der Waals surface area (Å²) in [6.45, 7) is 2.12. The summed E-state index contributed by atoms with van der Waals surface area (Å²) in [4.78, 5) is 11.6. The van der Waals surface area contributed by atoms with Gasteiger partial charge in [0.1, 0.15) is 0 Å². The molecule has 0 radical (unpaired) electrons. The van der Waals surface area contributed by atoms with Crippen LogP contribution in [0.25, 0.3) is 0 Å². The Morgan fingerprint density at radius 1 is 1.64 bits per heavy atom. The van der Waals surface area contributed by atoms with E-state index < -0.39 is 0 Å². The Balaban J connectivity index is 1.99.